The van der Waals surface area contributed by atoms with E-state index in [1.54, 1.807) is 31.4 Å². The number of ether oxygens (including phenoxy) is 1. The minimum atomic E-state index is -0.338. The van der Waals surface area contributed by atoms with Crippen molar-refractivity contribution in [2.45, 2.75) is 13.0 Å². The summed E-state index contributed by atoms with van der Waals surface area (Å²) in [6.07, 6.45) is 1.38. The van der Waals surface area contributed by atoms with E-state index in [1.807, 2.05) is 24.3 Å². The van der Waals surface area contributed by atoms with Crippen molar-refractivity contribution in [3.05, 3.63) is 81.2 Å². The molecular weight excluding hydrogens is 366 g/mol. The quantitative estimate of drug-likeness (QED) is 0.685. The molecule has 0 fully saturated rings. The molecule has 0 aliphatic heterocycles. The van der Waals surface area contributed by atoms with Crippen LogP contribution < -0.4 is 15.6 Å². The number of H-pyrrole nitrogens is 1. The lowest BCUT2D eigenvalue weighted by Crippen LogP contribution is -2.27. The van der Waals surface area contributed by atoms with Gasteiger partial charge in [-0.05, 0) is 42.0 Å². The molecule has 1 heterocycles. The van der Waals surface area contributed by atoms with E-state index >= 15 is 0 Å². The Kier molecular flexibility index (Phi) is 5.88. The number of nitrogens with zero attached hydrogens (tertiary/aromatic N) is 1. The van der Waals surface area contributed by atoms with Crippen LogP contribution in [0.3, 0.4) is 0 Å². The average molecular weight is 384 g/mol. The van der Waals surface area contributed by atoms with Crippen molar-refractivity contribution in [3.8, 4) is 17.1 Å². The van der Waals surface area contributed by atoms with Crippen molar-refractivity contribution in [3.63, 3.8) is 0 Å². The van der Waals surface area contributed by atoms with Crippen LogP contribution in [0.15, 0.2) is 59.5 Å². The summed E-state index contributed by atoms with van der Waals surface area (Å²) in [6.45, 7) is 0.372. The third kappa shape index (κ3) is 4.95. The molecule has 0 bridgehead atoms. The fourth-order valence-electron chi connectivity index (χ4n) is 2.48. The van der Waals surface area contributed by atoms with Crippen LogP contribution in [0.1, 0.15) is 11.1 Å². The summed E-state index contributed by atoms with van der Waals surface area (Å²) in [7, 11) is 1.60. The number of carbonyl (C=O) groups excluding carboxylic acids is 1. The zero-order valence-electron chi connectivity index (χ0n) is 14.7. The first kappa shape index (κ1) is 18.7. The second-order valence-corrected chi connectivity index (χ2v) is 6.33. The average Bonchev–Trinajstić information content (AvgIpc) is 2.69. The van der Waals surface area contributed by atoms with E-state index in [0.717, 1.165) is 16.9 Å². The zero-order valence-corrected chi connectivity index (χ0v) is 15.4. The first-order chi connectivity index (χ1) is 13.0. The number of aromatic amines is 1. The lowest BCUT2D eigenvalue weighted by molar-refractivity contribution is -0.120. The number of hydrogen-bond acceptors (Lipinski definition) is 4. The van der Waals surface area contributed by atoms with Gasteiger partial charge < -0.3 is 15.0 Å². The SMILES string of the molecule is COc1ccc(CNC(=O)Cc2cnc(-c3ccc(Cl)cc3)[nH]c2=O)cc1. The number of carbonyl (C=O) groups is 1. The molecule has 3 aromatic rings. The number of amides is 1. The summed E-state index contributed by atoms with van der Waals surface area (Å²) in [4.78, 5) is 31.3. The van der Waals surface area contributed by atoms with Gasteiger partial charge in [-0.15, -0.1) is 0 Å². The third-order valence-electron chi connectivity index (χ3n) is 3.99. The summed E-state index contributed by atoms with van der Waals surface area (Å²) in [6, 6.07) is 14.4. The molecule has 7 heteroatoms. The molecule has 0 unspecified atom stereocenters. The third-order valence-corrected chi connectivity index (χ3v) is 4.24. The Bertz CT molecular complexity index is 983. The highest BCUT2D eigenvalue weighted by atomic mass is 35.5. The molecule has 1 aromatic heterocycles. The Labute approximate surface area is 161 Å². The molecule has 0 saturated carbocycles. The Morgan fingerprint density at radius 1 is 1.15 bits per heavy atom. The molecule has 138 valence electrons. The first-order valence-corrected chi connectivity index (χ1v) is 8.66. The molecule has 1 amide bonds. The van der Waals surface area contributed by atoms with Crippen molar-refractivity contribution in [1.82, 2.24) is 15.3 Å². The molecular formula is C20H18ClN3O3. The van der Waals surface area contributed by atoms with E-state index in [1.165, 1.54) is 6.20 Å². The van der Waals surface area contributed by atoms with Crippen molar-refractivity contribution in [1.29, 1.82) is 0 Å². The van der Waals surface area contributed by atoms with Gasteiger partial charge in [0.05, 0.1) is 13.5 Å². The summed E-state index contributed by atoms with van der Waals surface area (Å²) < 4.78 is 5.10. The Balaban J connectivity index is 1.62. The predicted molar refractivity (Wildman–Crippen MR) is 104 cm³/mol. The Morgan fingerprint density at radius 2 is 1.85 bits per heavy atom. The van der Waals surface area contributed by atoms with Crippen molar-refractivity contribution >= 4 is 17.5 Å². The molecule has 27 heavy (non-hydrogen) atoms. The Hall–Kier alpha value is -3.12. The van der Waals surface area contributed by atoms with Gasteiger partial charge in [-0.3, -0.25) is 9.59 Å². The van der Waals surface area contributed by atoms with Gasteiger partial charge in [0.15, 0.2) is 0 Å². The minimum absolute atomic E-state index is 0.0423. The number of halogens is 1. The second-order valence-electron chi connectivity index (χ2n) is 5.89. The molecule has 2 aromatic carbocycles. The van der Waals surface area contributed by atoms with Crippen LogP contribution in [0.4, 0.5) is 0 Å². The van der Waals surface area contributed by atoms with E-state index in [4.69, 9.17) is 16.3 Å². The second kappa shape index (κ2) is 8.51. The standard InChI is InChI=1S/C20H18ClN3O3/c1-27-17-8-2-13(3-9-17)11-22-18(25)10-15-12-23-19(24-20(15)26)14-4-6-16(21)7-5-14/h2-9,12H,10-11H2,1H3,(H,22,25)(H,23,24,26). The van der Waals surface area contributed by atoms with Gasteiger partial charge in [0.25, 0.3) is 5.56 Å². The van der Waals surface area contributed by atoms with Gasteiger partial charge in [0.1, 0.15) is 11.6 Å². The molecule has 0 aliphatic rings. The van der Waals surface area contributed by atoms with Crippen molar-refractivity contribution in [2.75, 3.05) is 7.11 Å². The predicted octanol–water partition coefficient (Wildman–Crippen LogP) is 2.96. The van der Waals surface area contributed by atoms with E-state index in [0.29, 0.717) is 23.0 Å². The smallest absolute Gasteiger partial charge is 0.254 e. The summed E-state index contributed by atoms with van der Waals surface area (Å²) in [5.74, 6) is 0.930. The summed E-state index contributed by atoms with van der Waals surface area (Å²) >= 11 is 5.86. The van der Waals surface area contributed by atoms with E-state index < -0.39 is 0 Å². The molecule has 0 atom stereocenters. The summed E-state index contributed by atoms with van der Waals surface area (Å²) in [5.41, 5.74) is 1.65. The highest BCUT2D eigenvalue weighted by molar-refractivity contribution is 6.30. The molecule has 0 saturated heterocycles. The van der Waals surface area contributed by atoms with E-state index in [2.05, 4.69) is 15.3 Å². The number of hydrogen-bond donors (Lipinski definition) is 2. The number of rotatable bonds is 6. The van der Waals surface area contributed by atoms with Gasteiger partial charge in [-0.1, -0.05) is 23.7 Å². The van der Waals surface area contributed by atoms with Crippen LogP contribution in [-0.4, -0.2) is 23.0 Å². The molecule has 3 rings (SSSR count). The maximum Gasteiger partial charge on any atom is 0.254 e. The highest BCUT2D eigenvalue weighted by Crippen LogP contribution is 2.17. The van der Waals surface area contributed by atoms with E-state index in [9.17, 15) is 9.59 Å². The van der Waals surface area contributed by atoms with Crippen LogP contribution in [0.5, 0.6) is 5.75 Å². The largest absolute Gasteiger partial charge is 0.497 e. The monoisotopic (exact) mass is 383 g/mol. The maximum atomic E-state index is 12.2. The summed E-state index contributed by atoms with van der Waals surface area (Å²) in [5, 5.41) is 3.39. The molecule has 0 aliphatic carbocycles. The van der Waals surface area contributed by atoms with Crippen molar-refractivity contribution in [2.24, 2.45) is 0 Å². The molecule has 0 spiro atoms. The van der Waals surface area contributed by atoms with Gasteiger partial charge in [-0.2, -0.15) is 0 Å². The number of methoxy groups -OCH3 is 1. The molecule has 6 nitrogen and oxygen atoms in total. The number of aromatic nitrogens is 2. The highest BCUT2D eigenvalue weighted by Gasteiger charge is 2.09. The molecule has 0 radical (unpaired) electrons. The fourth-order valence-corrected chi connectivity index (χ4v) is 2.61. The van der Waals surface area contributed by atoms with Crippen LogP contribution in [0.25, 0.3) is 11.4 Å². The fraction of sp³-hybridized carbons (Fsp3) is 0.150. The van der Waals surface area contributed by atoms with Crippen LogP contribution in [0.2, 0.25) is 5.02 Å². The van der Waals surface area contributed by atoms with Gasteiger partial charge in [0, 0.05) is 28.9 Å². The van der Waals surface area contributed by atoms with Gasteiger partial charge in [-0.25, -0.2) is 4.98 Å². The number of nitrogens with one attached hydrogen (secondary N) is 2. The number of benzene rings is 2. The van der Waals surface area contributed by atoms with Crippen LogP contribution >= 0.6 is 11.6 Å². The maximum absolute atomic E-state index is 12.2. The molecule has 2 N–H and O–H groups in total. The first-order valence-electron chi connectivity index (χ1n) is 8.29. The zero-order chi connectivity index (χ0) is 19.2. The van der Waals surface area contributed by atoms with Gasteiger partial charge in [0.2, 0.25) is 5.91 Å². The van der Waals surface area contributed by atoms with Crippen LogP contribution in [-0.2, 0) is 17.8 Å². The van der Waals surface area contributed by atoms with Crippen LogP contribution in [0, 0.1) is 0 Å². The minimum Gasteiger partial charge on any atom is -0.497 e. The topological polar surface area (TPSA) is 84.1 Å². The Morgan fingerprint density at radius 3 is 2.48 bits per heavy atom. The normalized spacial score (nSPS) is 10.4. The lowest BCUT2D eigenvalue weighted by Gasteiger charge is -2.07. The van der Waals surface area contributed by atoms with Crippen molar-refractivity contribution < 1.29 is 9.53 Å². The van der Waals surface area contributed by atoms with E-state index in [-0.39, 0.29) is 17.9 Å². The van der Waals surface area contributed by atoms with Gasteiger partial charge >= 0.3 is 0 Å². The lowest BCUT2D eigenvalue weighted by atomic mass is 10.2.